The van der Waals surface area contributed by atoms with Crippen LogP contribution in [-0.2, 0) is 6.54 Å². The first-order valence-corrected chi connectivity index (χ1v) is 16.3. The maximum atomic E-state index is 3.68. The maximum absolute atomic E-state index is 3.68. The molecule has 6 aromatic rings. The zero-order valence-electron chi connectivity index (χ0n) is 25.2. The minimum absolute atomic E-state index is 1.02. The van der Waals surface area contributed by atoms with E-state index in [9.17, 15) is 0 Å². The molecule has 0 atom stereocenters. The number of aryl methyl sites for hydroxylation is 1. The number of hydrogen-bond acceptors (Lipinski definition) is 0. The van der Waals surface area contributed by atoms with Crippen molar-refractivity contribution in [1.29, 1.82) is 0 Å². The standard InChI is InChI=1S/C42H37BrN/c1-2-3-13-28-44-29-27-37(31-40(44)38-21-14-22-39(43)30-38)32-23-25-36(26-24-32)42(35-19-11-6-12-20-35)41(33-15-7-4-8-16-33)34-17-9-5-10-18-34/h4-12,14-27,29-31H,2-3,13,28H2,1H3/q+1. The number of unbranched alkanes of at least 4 members (excludes halogenated alkanes) is 2. The number of hydrogen-bond donors (Lipinski definition) is 0. The molecule has 0 aliphatic carbocycles. The second-order valence-electron chi connectivity index (χ2n) is 11.1. The van der Waals surface area contributed by atoms with Crippen molar-refractivity contribution in [2.45, 2.75) is 32.7 Å². The summed E-state index contributed by atoms with van der Waals surface area (Å²) in [4.78, 5) is 0. The highest BCUT2D eigenvalue weighted by atomic mass is 79.9. The predicted molar refractivity (Wildman–Crippen MR) is 189 cm³/mol. The molecule has 1 nitrogen and oxygen atoms in total. The number of nitrogens with zero attached hydrogens (tertiary/aromatic N) is 1. The van der Waals surface area contributed by atoms with Gasteiger partial charge in [-0.15, -0.1) is 0 Å². The second kappa shape index (κ2) is 14.3. The van der Waals surface area contributed by atoms with Gasteiger partial charge >= 0.3 is 0 Å². The molecule has 216 valence electrons. The summed E-state index contributed by atoms with van der Waals surface area (Å²) in [7, 11) is 0. The normalized spacial score (nSPS) is 10.9. The van der Waals surface area contributed by atoms with Gasteiger partial charge in [0.1, 0.15) is 6.54 Å². The van der Waals surface area contributed by atoms with E-state index in [0.29, 0.717) is 0 Å². The van der Waals surface area contributed by atoms with Crippen LogP contribution < -0.4 is 4.57 Å². The van der Waals surface area contributed by atoms with Crippen molar-refractivity contribution in [3.8, 4) is 22.4 Å². The Morgan fingerprint density at radius 3 is 1.57 bits per heavy atom. The molecular formula is C42H37BrN+. The predicted octanol–water partition coefficient (Wildman–Crippen LogP) is 11.3. The Morgan fingerprint density at radius 1 is 0.500 bits per heavy atom. The average Bonchev–Trinajstić information content (AvgIpc) is 3.09. The average molecular weight is 636 g/mol. The third-order valence-electron chi connectivity index (χ3n) is 8.10. The molecule has 0 amide bonds. The highest BCUT2D eigenvalue weighted by Gasteiger charge is 2.18. The minimum atomic E-state index is 1.02. The van der Waals surface area contributed by atoms with Crippen molar-refractivity contribution in [1.82, 2.24) is 0 Å². The molecule has 0 fully saturated rings. The van der Waals surface area contributed by atoms with Gasteiger partial charge in [-0.05, 0) is 69.1 Å². The van der Waals surface area contributed by atoms with E-state index in [1.54, 1.807) is 0 Å². The molecule has 0 spiro atoms. The number of rotatable bonds is 10. The molecule has 44 heavy (non-hydrogen) atoms. The molecule has 0 bridgehead atoms. The number of pyridine rings is 1. The quantitative estimate of drug-likeness (QED) is 0.0801. The van der Waals surface area contributed by atoms with Gasteiger partial charge in [-0.2, -0.15) is 4.57 Å². The smallest absolute Gasteiger partial charge is 0.198 e. The van der Waals surface area contributed by atoms with Crippen LogP contribution in [0.2, 0.25) is 0 Å². The van der Waals surface area contributed by atoms with Crippen molar-refractivity contribution in [2.75, 3.05) is 0 Å². The molecule has 5 aromatic carbocycles. The summed E-state index contributed by atoms with van der Waals surface area (Å²) in [6.07, 6.45) is 5.88. The first-order valence-electron chi connectivity index (χ1n) is 15.5. The van der Waals surface area contributed by atoms with Crippen LogP contribution in [0.1, 0.15) is 48.4 Å². The zero-order valence-corrected chi connectivity index (χ0v) is 26.8. The molecule has 0 unspecified atom stereocenters. The summed E-state index contributed by atoms with van der Waals surface area (Å²) in [5, 5.41) is 0. The van der Waals surface area contributed by atoms with Gasteiger partial charge in [0.05, 0.1) is 0 Å². The van der Waals surface area contributed by atoms with E-state index in [0.717, 1.165) is 11.0 Å². The van der Waals surface area contributed by atoms with Crippen molar-refractivity contribution >= 4 is 27.1 Å². The molecule has 0 saturated carbocycles. The fraction of sp³-hybridized carbons (Fsp3) is 0.119. The van der Waals surface area contributed by atoms with Gasteiger partial charge in [0.15, 0.2) is 6.20 Å². The van der Waals surface area contributed by atoms with E-state index in [1.807, 2.05) is 0 Å². The van der Waals surface area contributed by atoms with Crippen molar-refractivity contribution in [3.05, 3.63) is 185 Å². The van der Waals surface area contributed by atoms with E-state index >= 15 is 0 Å². The zero-order chi connectivity index (χ0) is 30.1. The topological polar surface area (TPSA) is 3.88 Å². The van der Waals surface area contributed by atoms with Gasteiger partial charge in [0.25, 0.3) is 0 Å². The first-order chi connectivity index (χ1) is 21.7. The molecule has 1 aromatic heterocycles. The van der Waals surface area contributed by atoms with Crippen LogP contribution in [0, 0.1) is 0 Å². The Kier molecular flexibility index (Phi) is 9.60. The highest BCUT2D eigenvalue weighted by Crippen LogP contribution is 2.37. The molecule has 0 aliphatic heterocycles. The van der Waals surface area contributed by atoms with E-state index in [4.69, 9.17) is 0 Å². The Morgan fingerprint density at radius 2 is 1.05 bits per heavy atom. The molecule has 6 rings (SSSR count). The van der Waals surface area contributed by atoms with E-state index in [2.05, 4.69) is 185 Å². The molecule has 0 N–H and O–H groups in total. The van der Waals surface area contributed by atoms with Crippen molar-refractivity contribution < 1.29 is 4.57 Å². The first kappa shape index (κ1) is 29.5. The van der Waals surface area contributed by atoms with Gasteiger partial charge in [0, 0.05) is 28.6 Å². The van der Waals surface area contributed by atoms with Crippen LogP contribution in [0.5, 0.6) is 0 Å². The van der Waals surface area contributed by atoms with Crippen LogP contribution in [-0.4, -0.2) is 0 Å². The summed E-state index contributed by atoms with van der Waals surface area (Å²) in [6, 6.07) is 54.6. The van der Waals surface area contributed by atoms with E-state index in [-0.39, 0.29) is 0 Å². The fourth-order valence-corrected chi connectivity index (χ4v) is 6.29. The van der Waals surface area contributed by atoms with E-state index < -0.39 is 0 Å². The van der Waals surface area contributed by atoms with Crippen LogP contribution in [0.25, 0.3) is 33.5 Å². The molecule has 1 heterocycles. The van der Waals surface area contributed by atoms with Gasteiger partial charge in [-0.3, -0.25) is 0 Å². The van der Waals surface area contributed by atoms with Crippen LogP contribution in [0.15, 0.2) is 162 Å². The fourth-order valence-electron chi connectivity index (χ4n) is 5.89. The SMILES string of the molecule is CCCCC[n+]1ccc(-c2ccc(C(=C(c3ccccc3)c3ccccc3)c3ccccc3)cc2)cc1-c1cccc(Br)c1. The van der Waals surface area contributed by atoms with Gasteiger partial charge in [-0.25, -0.2) is 0 Å². The molecule has 0 saturated heterocycles. The number of benzene rings is 5. The van der Waals surface area contributed by atoms with Crippen molar-refractivity contribution in [3.63, 3.8) is 0 Å². The third-order valence-corrected chi connectivity index (χ3v) is 8.60. The van der Waals surface area contributed by atoms with E-state index in [1.165, 1.54) is 75.0 Å². The Bertz CT molecular complexity index is 1800. The molecule has 0 aliphatic rings. The number of aromatic nitrogens is 1. The Hall–Kier alpha value is -4.53. The van der Waals surface area contributed by atoms with Crippen molar-refractivity contribution in [2.24, 2.45) is 0 Å². The van der Waals surface area contributed by atoms with Gasteiger partial charge < -0.3 is 0 Å². The third kappa shape index (κ3) is 6.82. The lowest BCUT2D eigenvalue weighted by Crippen LogP contribution is -2.36. The van der Waals surface area contributed by atoms with Gasteiger partial charge in [0.2, 0.25) is 5.69 Å². The van der Waals surface area contributed by atoms with Crippen LogP contribution in [0.3, 0.4) is 0 Å². The summed E-state index contributed by atoms with van der Waals surface area (Å²) in [6.45, 7) is 3.27. The van der Waals surface area contributed by atoms with Crippen LogP contribution in [0.4, 0.5) is 0 Å². The summed E-state index contributed by atoms with van der Waals surface area (Å²) >= 11 is 3.68. The lowest BCUT2D eigenvalue weighted by atomic mass is 9.85. The summed E-state index contributed by atoms with van der Waals surface area (Å²) in [5.74, 6) is 0. The summed E-state index contributed by atoms with van der Waals surface area (Å²) in [5.41, 5.74) is 12.2. The molecular weight excluding hydrogens is 598 g/mol. The highest BCUT2D eigenvalue weighted by molar-refractivity contribution is 9.10. The van der Waals surface area contributed by atoms with Gasteiger partial charge in [-0.1, -0.05) is 151 Å². The Balaban J connectivity index is 1.46. The minimum Gasteiger partial charge on any atom is -0.198 e. The maximum Gasteiger partial charge on any atom is 0.213 e. The lowest BCUT2D eigenvalue weighted by molar-refractivity contribution is -0.686. The molecule has 2 heteroatoms. The molecule has 0 radical (unpaired) electrons. The number of halogens is 1. The monoisotopic (exact) mass is 634 g/mol. The van der Waals surface area contributed by atoms with Crippen LogP contribution >= 0.6 is 15.9 Å². The largest absolute Gasteiger partial charge is 0.213 e. The summed E-state index contributed by atoms with van der Waals surface area (Å²) < 4.78 is 3.50. The lowest BCUT2D eigenvalue weighted by Gasteiger charge is -2.18. The second-order valence-corrected chi connectivity index (χ2v) is 12.1. The Labute approximate surface area is 270 Å².